The molecule has 0 atom stereocenters. The largest absolute Gasteiger partial charge is 0.424 e. The average molecular weight is 560 g/mol. The van der Waals surface area contributed by atoms with Crippen molar-refractivity contribution in [1.29, 1.82) is 0 Å². The van der Waals surface area contributed by atoms with E-state index in [9.17, 15) is 14.4 Å². The van der Waals surface area contributed by atoms with E-state index in [0.717, 1.165) is 0 Å². The number of nitrogens with zero attached hydrogens (tertiary/aromatic N) is 6. The second kappa shape index (κ2) is 12.7. The Kier molecular flexibility index (Phi) is 11.5. The zero-order valence-corrected chi connectivity index (χ0v) is 23.7. The molecule has 0 fully saturated rings. The van der Waals surface area contributed by atoms with E-state index in [1.165, 1.54) is 18.6 Å². The second-order valence-corrected chi connectivity index (χ2v) is 11.1. The van der Waals surface area contributed by atoms with Crippen LogP contribution in [0.15, 0.2) is 51.2 Å². The average Bonchev–Trinajstić information content (AvgIpc) is 2.72. The minimum absolute atomic E-state index is 0. The minimum atomic E-state index is -0.637. The molecule has 0 amide bonds. The molecule has 0 saturated heterocycles. The van der Waals surface area contributed by atoms with Gasteiger partial charge in [-0.05, 0) is 18.2 Å². The van der Waals surface area contributed by atoms with Crippen molar-refractivity contribution >= 4 is 0 Å². The molecule has 0 aromatic carbocycles. The molecule has 3 heterocycles. The first kappa shape index (κ1) is 33.6. The summed E-state index contributed by atoms with van der Waals surface area (Å²) < 4.78 is 1.40. The third kappa shape index (κ3) is 10.6. The molecule has 0 spiro atoms. The molecule has 37 heavy (non-hydrogen) atoms. The molecule has 3 aromatic heterocycles. The third-order valence-corrected chi connectivity index (χ3v) is 4.66. The molecule has 0 radical (unpaired) electrons. The summed E-state index contributed by atoms with van der Waals surface area (Å²) >= 11 is 0. The first-order chi connectivity index (χ1) is 16.2. The van der Waals surface area contributed by atoms with Crippen LogP contribution in [0.4, 0.5) is 0 Å². The van der Waals surface area contributed by atoms with E-state index in [1.54, 1.807) is 18.2 Å². The number of rotatable bonds is 0. The zero-order chi connectivity index (χ0) is 28.1. The fourth-order valence-electron chi connectivity index (χ4n) is 2.44. The van der Waals surface area contributed by atoms with Crippen molar-refractivity contribution in [3.8, 4) is 0 Å². The van der Waals surface area contributed by atoms with Crippen molar-refractivity contribution in [2.45, 2.75) is 78.6 Å². The molecule has 0 aliphatic rings. The molecule has 0 bridgehead atoms. The van der Waals surface area contributed by atoms with Gasteiger partial charge in [0, 0.05) is 33.3 Å². The quantitative estimate of drug-likeness (QED) is 0.276. The fourth-order valence-corrected chi connectivity index (χ4v) is 2.44. The summed E-state index contributed by atoms with van der Waals surface area (Å²) in [4.78, 5) is 43.8. The van der Waals surface area contributed by atoms with Crippen molar-refractivity contribution in [3.63, 3.8) is 0 Å². The van der Waals surface area contributed by atoms with E-state index >= 15 is 0 Å². The topological polar surface area (TPSA) is 165 Å². The van der Waals surface area contributed by atoms with Gasteiger partial charge >= 0.3 is 17.1 Å². The maximum absolute atomic E-state index is 10.9. The molecule has 0 saturated carbocycles. The molecule has 0 aliphatic carbocycles. The monoisotopic (exact) mass is 560 g/mol. The Bertz CT molecular complexity index is 1180. The van der Waals surface area contributed by atoms with Gasteiger partial charge in [-0.15, -0.1) is 14.2 Å². The van der Waals surface area contributed by atoms with Gasteiger partial charge in [0.2, 0.25) is 0 Å². The summed E-state index contributed by atoms with van der Waals surface area (Å²) in [6.45, 7) is 17.6. The number of hydrogen-bond donors (Lipinski definition) is 3. The number of hydrogen-bond acceptors (Lipinski definition) is 9. The van der Waals surface area contributed by atoms with Crippen LogP contribution in [0.2, 0.25) is 0 Å². The maximum atomic E-state index is 10.9. The summed E-state index contributed by atoms with van der Waals surface area (Å²) in [5.74, 6) is 0. The van der Waals surface area contributed by atoms with Crippen molar-refractivity contribution < 1.29 is 32.7 Å². The molecular weight excluding hydrogens is 524 g/mol. The summed E-state index contributed by atoms with van der Waals surface area (Å²) in [7, 11) is 0. The van der Waals surface area contributed by atoms with E-state index in [4.69, 9.17) is 15.6 Å². The zero-order valence-electron chi connectivity index (χ0n) is 22.6. The Morgan fingerprint density at radius 3 is 0.838 bits per heavy atom. The molecule has 3 N–H and O–H groups in total. The summed E-state index contributed by atoms with van der Waals surface area (Å²) in [5, 5.41) is 26.6. The van der Waals surface area contributed by atoms with Crippen LogP contribution < -0.4 is 17.1 Å². The first-order valence-corrected chi connectivity index (χ1v) is 11.1. The van der Waals surface area contributed by atoms with E-state index in [0.29, 0.717) is 31.3 Å². The molecule has 3 rings (SSSR count). The molecular formula is C24H36FeN6O6. The van der Waals surface area contributed by atoms with Crippen LogP contribution in [0.25, 0.3) is 0 Å². The molecule has 3 aromatic rings. The van der Waals surface area contributed by atoms with E-state index in [-0.39, 0.29) is 33.3 Å². The number of aromatic nitrogens is 6. The summed E-state index contributed by atoms with van der Waals surface area (Å²) in [5.41, 5.74) is -0.352. The van der Waals surface area contributed by atoms with Gasteiger partial charge in [0.1, 0.15) is 0 Å². The van der Waals surface area contributed by atoms with Crippen LogP contribution in [0, 0.1) is 0 Å². The van der Waals surface area contributed by atoms with Gasteiger partial charge in [-0.1, -0.05) is 62.3 Å². The van der Waals surface area contributed by atoms with Crippen molar-refractivity contribution in [2.24, 2.45) is 0 Å². The normalized spacial score (nSPS) is 11.3. The Balaban J connectivity index is 0.000000518. The predicted molar refractivity (Wildman–Crippen MR) is 133 cm³/mol. The summed E-state index contributed by atoms with van der Waals surface area (Å²) in [6.07, 6.45) is 3.90. The van der Waals surface area contributed by atoms with Gasteiger partial charge in [0.05, 0.1) is 35.7 Å². The second-order valence-electron chi connectivity index (χ2n) is 11.1. The smallest absolute Gasteiger partial charge is 0.380 e. The van der Waals surface area contributed by atoms with Gasteiger partial charge < -0.3 is 15.6 Å². The minimum Gasteiger partial charge on any atom is -0.424 e. The molecule has 0 aliphatic heterocycles. The van der Waals surface area contributed by atoms with Crippen molar-refractivity contribution in [2.75, 3.05) is 0 Å². The Labute approximate surface area is 225 Å². The van der Waals surface area contributed by atoms with Gasteiger partial charge in [-0.3, -0.25) is 0 Å². The third-order valence-electron chi connectivity index (χ3n) is 4.66. The van der Waals surface area contributed by atoms with E-state index < -0.39 is 17.1 Å². The Hall–Kier alpha value is -3.44. The standard InChI is InChI=1S/3C8H12N2O2.Fe/c3*1-8(2,3)6-4-5-10(12)7(11)9-6;/h3*4-5,12H,1-3H3;. The van der Waals surface area contributed by atoms with Crippen LogP contribution in [0.5, 0.6) is 0 Å². The van der Waals surface area contributed by atoms with Crippen LogP contribution in [0.1, 0.15) is 79.4 Å². The first-order valence-electron chi connectivity index (χ1n) is 11.1. The van der Waals surface area contributed by atoms with Crippen LogP contribution >= 0.6 is 0 Å². The van der Waals surface area contributed by atoms with Gasteiger partial charge in [-0.25, -0.2) is 14.4 Å². The van der Waals surface area contributed by atoms with Gasteiger partial charge in [0.15, 0.2) is 0 Å². The van der Waals surface area contributed by atoms with Crippen LogP contribution in [-0.2, 0) is 33.3 Å². The van der Waals surface area contributed by atoms with E-state index in [1.807, 2.05) is 62.3 Å². The van der Waals surface area contributed by atoms with Gasteiger partial charge in [-0.2, -0.15) is 15.0 Å². The Morgan fingerprint density at radius 2 is 0.703 bits per heavy atom. The summed E-state index contributed by atoms with van der Waals surface area (Å²) in [6, 6.07) is 4.88. The molecule has 13 heteroatoms. The van der Waals surface area contributed by atoms with E-state index in [2.05, 4.69) is 15.0 Å². The molecule has 0 unspecified atom stereocenters. The van der Waals surface area contributed by atoms with Crippen molar-refractivity contribution in [3.05, 3.63) is 85.3 Å². The van der Waals surface area contributed by atoms with Crippen molar-refractivity contribution in [1.82, 2.24) is 29.1 Å². The SMILES string of the molecule is CC(C)(C)c1ccn(O)c(=O)n1.CC(C)(C)c1ccn(O)c(=O)n1.CC(C)(C)c1ccn(O)c(=O)n1.[Fe]. The Morgan fingerprint density at radius 1 is 0.514 bits per heavy atom. The molecule has 12 nitrogen and oxygen atoms in total. The maximum Gasteiger partial charge on any atom is 0.380 e. The molecule has 206 valence electrons. The van der Waals surface area contributed by atoms with Crippen LogP contribution in [-0.4, -0.2) is 44.8 Å². The van der Waals surface area contributed by atoms with Gasteiger partial charge in [0.25, 0.3) is 0 Å². The van der Waals surface area contributed by atoms with Crippen LogP contribution in [0.3, 0.4) is 0 Å². The predicted octanol–water partition coefficient (Wildman–Crippen LogP) is 2.33. The fraction of sp³-hybridized carbons (Fsp3) is 0.500.